The van der Waals surface area contributed by atoms with E-state index in [0.29, 0.717) is 18.4 Å². The fourth-order valence-corrected chi connectivity index (χ4v) is 4.53. The highest BCUT2D eigenvalue weighted by atomic mass is 16.4. The number of carbonyl (C=O) groups excluding carboxylic acids is 1. The third kappa shape index (κ3) is 3.87. The standard InChI is InChI=1S/C20H28N2O3/c1-21-13-14-22(20(15-21)11-5-2-6-12-20)18(23)10-9-16-7-3-4-8-17(16)19(24)25/h3-4,7-8H,2,5-6,9-15H2,1H3,(H,24,25). The fourth-order valence-electron chi connectivity index (χ4n) is 4.53. The molecule has 0 unspecified atom stereocenters. The van der Waals surface area contributed by atoms with Crippen LogP contribution in [0.15, 0.2) is 24.3 Å². The Morgan fingerprint density at radius 1 is 1.12 bits per heavy atom. The number of amides is 1. The normalized spacial score (nSPS) is 20.6. The molecule has 0 radical (unpaired) electrons. The molecule has 25 heavy (non-hydrogen) atoms. The highest BCUT2D eigenvalue weighted by molar-refractivity contribution is 5.89. The van der Waals surface area contributed by atoms with Gasteiger partial charge in [-0.25, -0.2) is 4.79 Å². The maximum Gasteiger partial charge on any atom is 0.335 e. The van der Waals surface area contributed by atoms with Crippen molar-refractivity contribution in [1.82, 2.24) is 9.80 Å². The molecule has 3 rings (SSSR count). The highest BCUT2D eigenvalue weighted by Crippen LogP contribution is 2.36. The van der Waals surface area contributed by atoms with Crippen LogP contribution in [0.25, 0.3) is 0 Å². The van der Waals surface area contributed by atoms with Gasteiger partial charge in [0.25, 0.3) is 0 Å². The summed E-state index contributed by atoms with van der Waals surface area (Å²) in [5.41, 5.74) is 1.05. The first-order chi connectivity index (χ1) is 12.0. The number of hydrogen-bond donors (Lipinski definition) is 1. The van der Waals surface area contributed by atoms with E-state index in [4.69, 9.17) is 0 Å². The summed E-state index contributed by atoms with van der Waals surface area (Å²) in [4.78, 5) is 28.8. The fraction of sp³-hybridized carbons (Fsp3) is 0.600. The van der Waals surface area contributed by atoms with Crippen molar-refractivity contribution in [2.24, 2.45) is 0 Å². The average Bonchev–Trinajstić information content (AvgIpc) is 2.60. The van der Waals surface area contributed by atoms with E-state index in [1.807, 2.05) is 12.1 Å². The number of rotatable bonds is 4. The van der Waals surface area contributed by atoms with E-state index in [1.165, 1.54) is 19.3 Å². The summed E-state index contributed by atoms with van der Waals surface area (Å²) >= 11 is 0. The number of benzene rings is 1. The quantitative estimate of drug-likeness (QED) is 0.912. The van der Waals surface area contributed by atoms with E-state index < -0.39 is 5.97 Å². The molecule has 1 aliphatic carbocycles. The van der Waals surface area contributed by atoms with Crippen molar-refractivity contribution in [3.63, 3.8) is 0 Å². The van der Waals surface area contributed by atoms with Crippen LogP contribution in [0.4, 0.5) is 0 Å². The first kappa shape index (κ1) is 17.9. The summed E-state index contributed by atoms with van der Waals surface area (Å²) in [6.45, 7) is 2.67. The maximum absolute atomic E-state index is 13.0. The van der Waals surface area contributed by atoms with E-state index in [0.717, 1.165) is 38.0 Å². The zero-order valence-corrected chi connectivity index (χ0v) is 15.0. The van der Waals surface area contributed by atoms with Gasteiger partial charge in [0.05, 0.1) is 11.1 Å². The second-order valence-electron chi connectivity index (χ2n) is 7.53. The summed E-state index contributed by atoms with van der Waals surface area (Å²) in [6, 6.07) is 6.99. The van der Waals surface area contributed by atoms with Crippen molar-refractivity contribution in [3.8, 4) is 0 Å². The monoisotopic (exact) mass is 344 g/mol. The molecule has 1 spiro atoms. The van der Waals surface area contributed by atoms with Crippen LogP contribution in [-0.2, 0) is 11.2 Å². The zero-order valence-electron chi connectivity index (χ0n) is 15.0. The molecule has 0 bridgehead atoms. The van der Waals surface area contributed by atoms with Crippen molar-refractivity contribution in [1.29, 1.82) is 0 Å². The molecular weight excluding hydrogens is 316 g/mol. The lowest BCUT2D eigenvalue weighted by Crippen LogP contribution is -2.63. The van der Waals surface area contributed by atoms with Gasteiger partial charge >= 0.3 is 5.97 Å². The van der Waals surface area contributed by atoms with Gasteiger partial charge in [-0.3, -0.25) is 4.79 Å². The van der Waals surface area contributed by atoms with E-state index >= 15 is 0 Å². The van der Waals surface area contributed by atoms with Crippen molar-refractivity contribution in [3.05, 3.63) is 35.4 Å². The minimum atomic E-state index is -0.925. The molecule has 0 aromatic heterocycles. The molecule has 5 heteroatoms. The topological polar surface area (TPSA) is 60.9 Å². The van der Waals surface area contributed by atoms with E-state index in [1.54, 1.807) is 12.1 Å². The highest BCUT2D eigenvalue weighted by Gasteiger charge is 2.43. The van der Waals surface area contributed by atoms with Crippen molar-refractivity contribution in [2.45, 2.75) is 50.5 Å². The lowest BCUT2D eigenvalue weighted by atomic mass is 9.78. The predicted molar refractivity (Wildman–Crippen MR) is 96.7 cm³/mol. The summed E-state index contributed by atoms with van der Waals surface area (Å²) in [5.74, 6) is -0.749. The third-order valence-electron chi connectivity index (χ3n) is 5.78. The van der Waals surface area contributed by atoms with E-state index in [9.17, 15) is 14.7 Å². The molecule has 136 valence electrons. The van der Waals surface area contributed by atoms with Gasteiger partial charge in [-0.15, -0.1) is 0 Å². The van der Waals surface area contributed by atoms with Gasteiger partial charge in [-0.1, -0.05) is 37.5 Å². The van der Waals surface area contributed by atoms with Gasteiger partial charge in [-0.2, -0.15) is 0 Å². The number of carboxylic acids is 1. The number of aryl methyl sites for hydroxylation is 1. The zero-order chi connectivity index (χ0) is 17.9. The van der Waals surface area contributed by atoms with Gasteiger partial charge in [0.1, 0.15) is 0 Å². The SMILES string of the molecule is CN1CCN(C(=O)CCc2ccccc2C(=O)O)C2(CCCCC2)C1. The molecule has 1 amide bonds. The molecule has 1 aromatic rings. The molecule has 1 aliphatic heterocycles. The van der Waals surface area contributed by atoms with Gasteiger partial charge in [-0.05, 0) is 37.9 Å². The number of nitrogens with zero attached hydrogens (tertiary/aromatic N) is 2. The van der Waals surface area contributed by atoms with Crippen LogP contribution >= 0.6 is 0 Å². The second-order valence-corrected chi connectivity index (χ2v) is 7.53. The molecule has 1 saturated heterocycles. The third-order valence-corrected chi connectivity index (χ3v) is 5.78. The van der Waals surface area contributed by atoms with E-state index in [-0.39, 0.29) is 11.4 Å². The number of hydrogen-bond acceptors (Lipinski definition) is 3. The van der Waals surface area contributed by atoms with Gasteiger partial charge in [0, 0.05) is 26.1 Å². The van der Waals surface area contributed by atoms with Gasteiger partial charge in [0.15, 0.2) is 0 Å². The Labute approximate surface area is 149 Å². The Morgan fingerprint density at radius 3 is 2.56 bits per heavy atom. The Hall–Kier alpha value is -1.88. The summed E-state index contributed by atoms with van der Waals surface area (Å²) < 4.78 is 0. The molecule has 0 atom stereocenters. The molecule has 5 nitrogen and oxygen atoms in total. The predicted octanol–water partition coefficient (Wildman–Crippen LogP) is 2.79. The van der Waals surface area contributed by atoms with Crippen LogP contribution in [0.1, 0.15) is 54.4 Å². The number of carbonyl (C=O) groups is 2. The summed E-state index contributed by atoms with van der Waals surface area (Å²) in [5, 5.41) is 9.31. The number of likely N-dealkylation sites (N-methyl/N-ethyl adjacent to an activating group) is 1. The van der Waals surface area contributed by atoms with Crippen LogP contribution in [0.2, 0.25) is 0 Å². The molecule has 1 saturated carbocycles. The molecule has 1 aromatic carbocycles. The Bertz CT molecular complexity index is 638. The van der Waals surface area contributed by atoms with Crippen LogP contribution in [0.5, 0.6) is 0 Å². The molecule has 2 aliphatic rings. The number of piperazine rings is 1. The smallest absolute Gasteiger partial charge is 0.335 e. The van der Waals surface area contributed by atoms with Crippen LogP contribution in [0.3, 0.4) is 0 Å². The minimum Gasteiger partial charge on any atom is -0.478 e. The van der Waals surface area contributed by atoms with Crippen molar-refractivity contribution in [2.75, 3.05) is 26.7 Å². The first-order valence-electron chi connectivity index (χ1n) is 9.32. The number of carboxylic acid groups (broad SMARTS) is 1. The molecule has 2 fully saturated rings. The van der Waals surface area contributed by atoms with Crippen LogP contribution < -0.4 is 0 Å². The molecular formula is C20H28N2O3. The largest absolute Gasteiger partial charge is 0.478 e. The Balaban J connectivity index is 1.70. The van der Waals surface area contributed by atoms with Crippen molar-refractivity contribution < 1.29 is 14.7 Å². The lowest BCUT2D eigenvalue weighted by Gasteiger charge is -2.52. The van der Waals surface area contributed by atoms with Gasteiger partial charge < -0.3 is 14.9 Å². The maximum atomic E-state index is 13.0. The minimum absolute atomic E-state index is 0.00531. The number of aromatic carboxylic acids is 1. The first-order valence-corrected chi connectivity index (χ1v) is 9.32. The van der Waals surface area contributed by atoms with Crippen molar-refractivity contribution >= 4 is 11.9 Å². The summed E-state index contributed by atoms with van der Waals surface area (Å²) in [6.07, 6.45) is 6.71. The van der Waals surface area contributed by atoms with E-state index in [2.05, 4.69) is 16.8 Å². The second kappa shape index (κ2) is 7.56. The van der Waals surface area contributed by atoms with Gasteiger partial charge in [0.2, 0.25) is 5.91 Å². The Morgan fingerprint density at radius 2 is 1.84 bits per heavy atom. The van der Waals surface area contributed by atoms with Crippen LogP contribution in [0, 0.1) is 0 Å². The molecule has 1 heterocycles. The summed E-state index contributed by atoms with van der Waals surface area (Å²) in [7, 11) is 2.14. The van der Waals surface area contributed by atoms with Crippen LogP contribution in [-0.4, -0.2) is 59.0 Å². The lowest BCUT2D eigenvalue weighted by molar-refractivity contribution is -0.144. The Kier molecular flexibility index (Phi) is 5.42. The average molecular weight is 344 g/mol. The molecule has 1 N–H and O–H groups in total.